The van der Waals surface area contributed by atoms with Gasteiger partial charge < -0.3 is 10.2 Å². The minimum Gasteiger partial charge on any atom is -0.372 e. The van der Waals surface area contributed by atoms with Crippen LogP contribution >= 0.6 is 12.6 Å². The highest BCUT2D eigenvalue weighted by Gasteiger charge is 2.02. The molecule has 0 fully saturated rings. The van der Waals surface area contributed by atoms with Crippen molar-refractivity contribution in [3.63, 3.8) is 0 Å². The molecule has 1 aliphatic heterocycles. The molecule has 0 unspecified atom stereocenters. The smallest absolute Gasteiger partial charge is 0.0874 e. The summed E-state index contributed by atoms with van der Waals surface area (Å²) in [5, 5.41) is 4.01. The summed E-state index contributed by atoms with van der Waals surface area (Å²) >= 11 is 4.11. The Kier molecular flexibility index (Phi) is 1.15. The van der Waals surface area contributed by atoms with Crippen LogP contribution in [0.2, 0.25) is 0 Å². The first kappa shape index (κ1) is 4.84. The molecule has 0 aliphatic carbocycles. The Bertz CT molecular complexity index is 99.9. The largest absolute Gasteiger partial charge is 0.372 e. The third-order valence-corrected chi connectivity index (χ3v) is 1.42. The second-order valence-electron chi connectivity index (χ2n) is 1.56. The van der Waals surface area contributed by atoms with Crippen molar-refractivity contribution in [2.45, 2.75) is 0 Å². The molecule has 1 rings (SSSR count). The zero-order valence-electron chi connectivity index (χ0n) is 4.18. The Morgan fingerprint density at radius 2 is 2.71 bits per heavy atom. The number of hydrogen-bond donors (Lipinski definition) is 2. The van der Waals surface area contributed by atoms with Crippen molar-refractivity contribution in [3.05, 3.63) is 11.2 Å². The molecule has 0 aromatic heterocycles. The maximum Gasteiger partial charge on any atom is 0.0874 e. The van der Waals surface area contributed by atoms with Gasteiger partial charge in [0.15, 0.2) is 0 Å². The minimum absolute atomic E-state index is 0.888. The molecule has 0 radical (unpaired) electrons. The summed E-state index contributed by atoms with van der Waals surface area (Å²) in [4.78, 5) is 2.02. The van der Waals surface area contributed by atoms with Crippen LogP contribution in [0.15, 0.2) is 11.2 Å². The fourth-order valence-corrected chi connectivity index (χ4v) is 0.627. The van der Waals surface area contributed by atoms with Crippen molar-refractivity contribution >= 4 is 12.6 Å². The summed E-state index contributed by atoms with van der Waals surface area (Å²) in [6.07, 6.45) is 1.88. The van der Waals surface area contributed by atoms with E-state index < -0.39 is 0 Å². The van der Waals surface area contributed by atoms with E-state index in [1.165, 1.54) is 0 Å². The zero-order chi connectivity index (χ0) is 5.28. The lowest BCUT2D eigenvalue weighted by molar-refractivity contribution is 0.466. The molecule has 40 valence electrons. The number of nitrogens with zero attached hydrogens (tertiary/aromatic N) is 1. The summed E-state index contributed by atoms with van der Waals surface area (Å²) in [6, 6.07) is 0. The van der Waals surface area contributed by atoms with Crippen LogP contribution in [0.5, 0.6) is 0 Å². The van der Waals surface area contributed by atoms with Crippen molar-refractivity contribution in [2.75, 3.05) is 13.7 Å². The average molecular weight is 116 g/mol. The van der Waals surface area contributed by atoms with Gasteiger partial charge in [0.05, 0.1) is 11.7 Å². The van der Waals surface area contributed by atoms with Gasteiger partial charge in [0, 0.05) is 13.2 Å². The van der Waals surface area contributed by atoms with E-state index in [0.29, 0.717) is 0 Å². The summed E-state index contributed by atoms with van der Waals surface area (Å²) in [5.41, 5.74) is 0. The summed E-state index contributed by atoms with van der Waals surface area (Å²) in [6.45, 7) is 0.888. The zero-order valence-corrected chi connectivity index (χ0v) is 5.07. The van der Waals surface area contributed by atoms with E-state index in [0.717, 1.165) is 11.7 Å². The molecule has 0 aromatic rings. The molecule has 0 spiro atoms. The van der Waals surface area contributed by atoms with Crippen LogP contribution < -0.4 is 5.32 Å². The molecular weight excluding hydrogens is 108 g/mol. The van der Waals surface area contributed by atoms with Gasteiger partial charge in [-0.15, -0.1) is 12.6 Å². The third kappa shape index (κ3) is 0.825. The van der Waals surface area contributed by atoms with E-state index >= 15 is 0 Å². The number of nitrogens with one attached hydrogen (secondary N) is 1. The van der Waals surface area contributed by atoms with E-state index in [1.807, 2.05) is 18.1 Å². The number of rotatable bonds is 0. The van der Waals surface area contributed by atoms with Crippen LogP contribution in [0, 0.1) is 0 Å². The molecule has 0 bridgehead atoms. The summed E-state index contributed by atoms with van der Waals surface area (Å²) in [7, 11) is 1.98. The molecule has 7 heavy (non-hydrogen) atoms. The fourth-order valence-electron chi connectivity index (χ4n) is 0.465. The number of hydrogen-bond acceptors (Lipinski definition) is 3. The van der Waals surface area contributed by atoms with E-state index in [9.17, 15) is 0 Å². The van der Waals surface area contributed by atoms with Crippen molar-refractivity contribution < 1.29 is 0 Å². The van der Waals surface area contributed by atoms with Crippen molar-refractivity contribution in [3.8, 4) is 0 Å². The van der Waals surface area contributed by atoms with Crippen molar-refractivity contribution in [1.82, 2.24) is 10.2 Å². The second kappa shape index (κ2) is 1.66. The Morgan fingerprint density at radius 3 is 2.86 bits per heavy atom. The van der Waals surface area contributed by atoms with Gasteiger partial charge in [-0.2, -0.15) is 0 Å². The van der Waals surface area contributed by atoms with Crippen LogP contribution in [-0.4, -0.2) is 18.6 Å². The molecule has 0 aromatic carbocycles. The highest BCUT2D eigenvalue weighted by Crippen LogP contribution is 2.06. The highest BCUT2D eigenvalue weighted by atomic mass is 32.1. The molecule has 1 heterocycles. The Balaban J connectivity index is 2.54. The first-order chi connectivity index (χ1) is 3.30. The first-order valence-corrected chi connectivity index (χ1v) is 2.59. The molecule has 1 N–H and O–H groups in total. The van der Waals surface area contributed by atoms with E-state index in [4.69, 9.17) is 0 Å². The summed E-state index contributed by atoms with van der Waals surface area (Å²) in [5.74, 6) is 0. The molecule has 0 amide bonds. The van der Waals surface area contributed by atoms with E-state index in [-0.39, 0.29) is 0 Å². The molecule has 3 heteroatoms. The standard InChI is InChI=1S/C4H8N2S/c1-6-3-5-2-4(6)7/h2,5,7H,3H2,1H3. The van der Waals surface area contributed by atoms with Gasteiger partial charge in [-0.05, 0) is 0 Å². The molecule has 0 saturated heterocycles. The van der Waals surface area contributed by atoms with Gasteiger partial charge in [0.25, 0.3) is 0 Å². The normalized spacial score (nSPS) is 19.1. The highest BCUT2D eigenvalue weighted by molar-refractivity contribution is 7.84. The van der Waals surface area contributed by atoms with E-state index in [2.05, 4.69) is 17.9 Å². The van der Waals surface area contributed by atoms with Crippen molar-refractivity contribution in [1.29, 1.82) is 0 Å². The fraction of sp³-hybridized carbons (Fsp3) is 0.500. The van der Waals surface area contributed by atoms with Crippen LogP contribution in [0.25, 0.3) is 0 Å². The minimum atomic E-state index is 0.888. The maximum absolute atomic E-state index is 4.11. The van der Waals surface area contributed by atoms with Crippen LogP contribution in [-0.2, 0) is 0 Å². The van der Waals surface area contributed by atoms with Crippen LogP contribution in [0.4, 0.5) is 0 Å². The summed E-state index contributed by atoms with van der Waals surface area (Å²) < 4.78 is 0. The predicted molar refractivity (Wildman–Crippen MR) is 32.8 cm³/mol. The monoisotopic (exact) mass is 116 g/mol. The lowest BCUT2D eigenvalue weighted by Gasteiger charge is -2.07. The average Bonchev–Trinajstić information content (AvgIpc) is 1.91. The Labute approximate surface area is 48.6 Å². The van der Waals surface area contributed by atoms with Crippen LogP contribution in [0.1, 0.15) is 0 Å². The van der Waals surface area contributed by atoms with Gasteiger partial charge in [-0.25, -0.2) is 0 Å². The van der Waals surface area contributed by atoms with Crippen molar-refractivity contribution in [2.24, 2.45) is 0 Å². The van der Waals surface area contributed by atoms with Gasteiger partial charge in [-0.1, -0.05) is 0 Å². The number of thiol groups is 1. The third-order valence-electron chi connectivity index (χ3n) is 0.951. The molecule has 2 nitrogen and oxygen atoms in total. The SMILES string of the molecule is CN1CNC=C1S. The lowest BCUT2D eigenvalue weighted by Crippen LogP contribution is -2.16. The van der Waals surface area contributed by atoms with Crippen LogP contribution in [0.3, 0.4) is 0 Å². The Morgan fingerprint density at radius 1 is 2.00 bits per heavy atom. The second-order valence-corrected chi connectivity index (χ2v) is 2.02. The molecule has 0 saturated carbocycles. The Hall–Kier alpha value is -0.310. The van der Waals surface area contributed by atoms with Gasteiger partial charge >= 0.3 is 0 Å². The van der Waals surface area contributed by atoms with Gasteiger partial charge in [0.2, 0.25) is 0 Å². The van der Waals surface area contributed by atoms with Gasteiger partial charge in [-0.3, -0.25) is 0 Å². The lowest BCUT2D eigenvalue weighted by atomic mass is 10.8. The molecule has 0 atom stereocenters. The predicted octanol–water partition coefficient (Wildman–Crippen LogP) is 0.208. The first-order valence-electron chi connectivity index (χ1n) is 2.14. The quantitative estimate of drug-likeness (QED) is 0.440. The molecular formula is C4H8N2S. The van der Waals surface area contributed by atoms with E-state index in [1.54, 1.807) is 0 Å². The topological polar surface area (TPSA) is 15.3 Å². The molecule has 1 aliphatic rings. The van der Waals surface area contributed by atoms with Gasteiger partial charge in [0.1, 0.15) is 0 Å². The maximum atomic E-state index is 4.11.